The van der Waals surface area contributed by atoms with Crippen LogP contribution in [0.1, 0.15) is 17.3 Å². The normalized spacial score (nSPS) is 23.5. The van der Waals surface area contributed by atoms with Crippen molar-refractivity contribution in [2.75, 3.05) is 13.2 Å². The number of ether oxygens (including phenoxy) is 3. The van der Waals surface area contributed by atoms with Gasteiger partial charge in [-0.2, -0.15) is 4.98 Å². The summed E-state index contributed by atoms with van der Waals surface area (Å²) in [5.74, 6) is 0.0429. The predicted octanol–water partition coefficient (Wildman–Crippen LogP) is 4.05. The summed E-state index contributed by atoms with van der Waals surface area (Å²) in [6, 6.07) is 17.5. The number of pyridine rings is 1. The smallest absolute Gasteiger partial charge is 0.296 e. The molecule has 2 fully saturated rings. The van der Waals surface area contributed by atoms with Gasteiger partial charge in [0.2, 0.25) is 0 Å². The minimum absolute atomic E-state index is 0.0429. The molecule has 2 aliphatic heterocycles. The minimum Gasteiger partial charge on any atom is -0.456 e. The van der Waals surface area contributed by atoms with Crippen LogP contribution < -0.4 is 4.74 Å². The Balaban J connectivity index is 1.23. The highest BCUT2D eigenvalue weighted by molar-refractivity contribution is 6.33. The number of carbonyl (C=O) groups is 1. The number of Topliss-reactive ketones (excluding diaryl/α,β-unsaturated/α-hetero) is 1. The van der Waals surface area contributed by atoms with Crippen LogP contribution in [0.4, 0.5) is 0 Å². The standard InChI is InChI=1S/C26H22ClN3O5/c1-13(31)14-2-4-15(5-3-14)16-6-8-17(9-7-16)22-18(27)10-19-25(29-22)30-26(28-19)35-21-12-34-23-20(32)11-33-24(21)23/h2-10,20-21,23-24,32H,11-12H2,1H3,(H,28,29,30)/t20-,21-,23-,24-/m1/s1. The number of carbonyl (C=O) groups excluding carboxylic acids is 1. The van der Waals surface area contributed by atoms with Gasteiger partial charge in [-0.15, -0.1) is 0 Å². The van der Waals surface area contributed by atoms with E-state index in [0.717, 1.165) is 16.7 Å². The van der Waals surface area contributed by atoms with Gasteiger partial charge in [-0.3, -0.25) is 4.79 Å². The molecule has 2 N–H and O–H groups in total. The third-order valence-corrected chi connectivity index (χ3v) is 6.72. The maximum Gasteiger partial charge on any atom is 0.296 e. The van der Waals surface area contributed by atoms with E-state index in [9.17, 15) is 9.90 Å². The quantitative estimate of drug-likeness (QED) is 0.405. The molecular weight excluding hydrogens is 470 g/mol. The molecule has 178 valence electrons. The van der Waals surface area contributed by atoms with Crippen molar-refractivity contribution in [1.82, 2.24) is 15.0 Å². The fourth-order valence-electron chi connectivity index (χ4n) is 4.56. The molecule has 6 rings (SSSR count). The number of aromatic amines is 1. The summed E-state index contributed by atoms with van der Waals surface area (Å²) in [5, 5.41) is 10.4. The highest BCUT2D eigenvalue weighted by atomic mass is 35.5. The maximum atomic E-state index is 11.5. The van der Waals surface area contributed by atoms with Gasteiger partial charge in [0.15, 0.2) is 17.5 Å². The van der Waals surface area contributed by atoms with Crippen LogP contribution in [0.3, 0.4) is 0 Å². The molecule has 0 radical (unpaired) electrons. The molecule has 0 saturated carbocycles. The number of halogens is 1. The third kappa shape index (κ3) is 4.08. The number of H-pyrrole nitrogens is 1. The van der Waals surface area contributed by atoms with Gasteiger partial charge in [0.05, 0.1) is 29.4 Å². The van der Waals surface area contributed by atoms with Crippen molar-refractivity contribution < 1.29 is 24.1 Å². The fraction of sp³-hybridized carbons (Fsp3) is 0.269. The van der Waals surface area contributed by atoms with Crippen molar-refractivity contribution in [1.29, 1.82) is 0 Å². The van der Waals surface area contributed by atoms with Gasteiger partial charge >= 0.3 is 0 Å². The number of aliphatic hydroxyl groups is 1. The maximum absolute atomic E-state index is 11.5. The van der Waals surface area contributed by atoms with E-state index in [4.69, 9.17) is 25.8 Å². The lowest BCUT2D eigenvalue weighted by molar-refractivity contribution is 0.00706. The highest BCUT2D eigenvalue weighted by Crippen LogP contribution is 2.33. The second-order valence-electron chi connectivity index (χ2n) is 8.76. The van der Waals surface area contributed by atoms with E-state index >= 15 is 0 Å². The topological polar surface area (TPSA) is 107 Å². The zero-order chi connectivity index (χ0) is 24.1. The number of aromatic nitrogens is 3. The third-order valence-electron chi connectivity index (χ3n) is 6.43. The number of rotatable bonds is 5. The first-order chi connectivity index (χ1) is 17.0. The average molecular weight is 492 g/mol. The highest BCUT2D eigenvalue weighted by Gasteiger charge is 2.48. The molecular formula is C26H22ClN3O5. The first-order valence-corrected chi connectivity index (χ1v) is 11.7. The Kier molecular flexibility index (Phi) is 5.53. The number of ketones is 1. The molecule has 2 saturated heterocycles. The van der Waals surface area contributed by atoms with Crippen LogP contribution in [-0.2, 0) is 9.47 Å². The molecule has 2 aliphatic rings. The Hall–Kier alpha value is -3.30. The molecule has 0 amide bonds. The number of hydrogen-bond donors (Lipinski definition) is 2. The summed E-state index contributed by atoms with van der Waals surface area (Å²) in [6.07, 6.45) is -1.72. The van der Waals surface area contributed by atoms with E-state index in [-0.39, 0.29) is 30.7 Å². The summed E-state index contributed by atoms with van der Waals surface area (Å²) in [4.78, 5) is 23.7. The minimum atomic E-state index is -0.640. The molecule has 2 aromatic heterocycles. The Morgan fingerprint density at radius 1 is 1.00 bits per heavy atom. The van der Waals surface area contributed by atoms with Gasteiger partial charge in [-0.1, -0.05) is 60.1 Å². The summed E-state index contributed by atoms with van der Waals surface area (Å²) in [5.41, 5.74) is 5.32. The predicted molar refractivity (Wildman–Crippen MR) is 130 cm³/mol. The van der Waals surface area contributed by atoms with Crippen molar-refractivity contribution >= 4 is 28.5 Å². The van der Waals surface area contributed by atoms with Crippen LogP contribution in [0.2, 0.25) is 5.02 Å². The first-order valence-electron chi connectivity index (χ1n) is 11.3. The van der Waals surface area contributed by atoms with Gasteiger partial charge in [-0.25, -0.2) is 4.98 Å². The Bertz CT molecular complexity index is 1400. The van der Waals surface area contributed by atoms with Crippen LogP contribution in [0, 0.1) is 0 Å². The van der Waals surface area contributed by atoms with Gasteiger partial charge in [0.25, 0.3) is 6.01 Å². The summed E-state index contributed by atoms with van der Waals surface area (Å²) >= 11 is 6.56. The molecule has 0 spiro atoms. The molecule has 2 aromatic carbocycles. The summed E-state index contributed by atoms with van der Waals surface area (Å²) in [6.45, 7) is 2.10. The SMILES string of the molecule is CC(=O)c1ccc(-c2ccc(-c3nc4nc(O[C@@H]5CO[C@H]6[C@@H]5OC[C@H]6O)[nH]c4cc3Cl)cc2)cc1. The number of hydrogen-bond acceptors (Lipinski definition) is 7. The summed E-state index contributed by atoms with van der Waals surface area (Å²) < 4.78 is 17.2. The number of nitrogens with one attached hydrogen (secondary N) is 1. The van der Waals surface area contributed by atoms with Gasteiger partial charge in [0, 0.05) is 11.1 Å². The van der Waals surface area contributed by atoms with Gasteiger partial charge in [0.1, 0.15) is 18.3 Å². The molecule has 0 unspecified atom stereocenters. The number of nitrogens with zero attached hydrogens (tertiary/aromatic N) is 2. The molecule has 0 bridgehead atoms. The van der Waals surface area contributed by atoms with Crippen molar-refractivity contribution in [3.8, 4) is 28.4 Å². The number of aliphatic hydroxyl groups excluding tert-OH is 1. The molecule has 9 heteroatoms. The lowest BCUT2D eigenvalue weighted by Gasteiger charge is -2.15. The van der Waals surface area contributed by atoms with Gasteiger partial charge < -0.3 is 24.3 Å². The zero-order valence-electron chi connectivity index (χ0n) is 18.8. The molecule has 8 nitrogen and oxygen atoms in total. The number of benzene rings is 2. The van der Waals surface area contributed by atoms with Crippen LogP contribution in [0.5, 0.6) is 6.01 Å². The lowest BCUT2D eigenvalue weighted by atomic mass is 10.0. The zero-order valence-corrected chi connectivity index (χ0v) is 19.5. The summed E-state index contributed by atoms with van der Waals surface area (Å²) in [7, 11) is 0. The second-order valence-corrected chi connectivity index (χ2v) is 9.17. The number of fused-ring (bicyclic) bond motifs is 2. The van der Waals surface area contributed by atoms with E-state index in [1.807, 2.05) is 48.5 Å². The van der Waals surface area contributed by atoms with E-state index in [0.29, 0.717) is 40.1 Å². The van der Waals surface area contributed by atoms with Crippen molar-refractivity contribution in [2.24, 2.45) is 0 Å². The largest absolute Gasteiger partial charge is 0.456 e. The Morgan fingerprint density at radius 3 is 2.37 bits per heavy atom. The van der Waals surface area contributed by atoms with E-state index in [1.165, 1.54) is 0 Å². The molecule has 35 heavy (non-hydrogen) atoms. The molecule has 0 aliphatic carbocycles. The Labute approximate surface area is 205 Å². The van der Waals surface area contributed by atoms with Crippen LogP contribution in [-0.4, -0.2) is 63.5 Å². The number of imidazole rings is 1. The fourth-order valence-corrected chi connectivity index (χ4v) is 4.82. The molecule has 4 aromatic rings. The molecule has 4 atom stereocenters. The van der Waals surface area contributed by atoms with Crippen molar-refractivity contribution in [2.45, 2.75) is 31.3 Å². The lowest BCUT2D eigenvalue weighted by Crippen LogP contribution is -2.34. The van der Waals surface area contributed by atoms with Crippen molar-refractivity contribution in [3.05, 3.63) is 65.2 Å². The van der Waals surface area contributed by atoms with Crippen molar-refractivity contribution in [3.63, 3.8) is 0 Å². The van der Waals surface area contributed by atoms with Crippen LogP contribution in [0.25, 0.3) is 33.5 Å². The van der Waals surface area contributed by atoms with E-state index in [1.54, 1.807) is 13.0 Å². The first kappa shape index (κ1) is 22.2. The Morgan fingerprint density at radius 2 is 1.66 bits per heavy atom. The van der Waals surface area contributed by atoms with E-state index in [2.05, 4.69) is 15.0 Å². The average Bonchev–Trinajstić information content (AvgIpc) is 3.55. The van der Waals surface area contributed by atoms with Crippen LogP contribution >= 0.6 is 11.6 Å². The monoisotopic (exact) mass is 491 g/mol. The van der Waals surface area contributed by atoms with E-state index < -0.39 is 6.10 Å². The van der Waals surface area contributed by atoms with Crippen LogP contribution in [0.15, 0.2) is 54.6 Å². The van der Waals surface area contributed by atoms with Gasteiger partial charge in [-0.05, 0) is 24.1 Å². The molecule has 4 heterocycles. The second kappa shape index (κ2) is 8.73.